The molecule has 6 heteroatoms. The highest BCUT2D eigenvalue weighted by molar-refractivity contribution is 6.01. The predicted octanol–water partition coefficient (Wildman–Crippen LogP) is 5.71. The first-order valence-electron chi connectivity index (χ1n) is 13.6. The molecule has 0 amide bonds. The summed E-state index contributed by atoms with van der Waals surface area (Å²) < 4.78 is 6.00. The van der Waals surface area contributed by atoms with Crippen molar-refractivity contribution in [3.05, 3.63) is 23.8 Å². The summed E-state index contributed by atoms with van der Waals surface area (Å²) in [6, 6.07) is 0. The maximum Gasteiger partial charge on any atom is 0.309 e. The van der Waals surface area contributed by atoms with Crippen molar-refractivity contribution in [3.63, 3.8) is 0 Å². The van der Waals surface area contributed by atoms with Crippen LogP contribution in [-0.2, 0) is 24.0 Å². The Kier molecular flexibility index (Phi) is 5.64. The molecule has 8 atom stereocenters. The van der Waals surface area contributed by atoms with Crippen LogP contribution in [-0.4, -0.2) is 34.5 Å². The Morgan fingerprint density at radius 2 is 1.83 bits per heavy atom. The van der Waals surface area contributed by atoms with Gasteiger partial charge in [-0.1, -0.05) is 52.3 Å². The zero-order chi connectivity index (χ0) is 26.5. The van der Waals surface area contributed by atoms with Gasteiger partial charge in [0.25, 0.3) is 0 Å². The minimum absolute atomic E-state index is 0.0738. The van der Waals surface area contributed by atoms with E-state index in [9.17, 15) is 14.4 Å². The van der Waals surface area contributed by atoms with Crippen molar-refractivity contribution >= 4 is 17.5 Å². The molecule has 1 aliphatic heterocycles. The van der Waals surface area contributed by atoms with Gasteiger partial charge in [0, 0.05) is 23.7 Å². The fourth-order valence-corrected chi connectivity index (χ4v) is 9.46. The van der Waals surface area contributed by atoms with Gasteiger partial charge >= 0.3 is 5.97 Å². The molecular weight excluding hydrogens is 456 g/mol. The largest absolute Gasteiger partial charge is 0.462 e. The lowest BCUT2D eigenvalue weighted by Crippen LogP contribution is -2.59. The van der Waals surface area contributed by atoms with E-state index in [1.54, 1.807) is 19.9 Å². The monoisotopic (exact) mass is 498 g/mol. The van der Waals surface area contributed by atoms with E-state index < -0.39 is 11.0 Å². The SMILES string of the molecule is CC(C)(C=CCC1C(=O)OC2CC3(C)C4=CC(=O)C5C(C)(C)C(=O)CCC5(C)C4CCC3(C)C21)OO. The Labute approximate surface area is 214 Å². The van der Waals surface area contributed by atoms with Crippen LogP contribution in [0, 0.1) is 45.3 Å². The van der Waals surface area contributed by atoms with Gasteiger partial charge < -0.3 is 4.74 Å². The topological polar surface area (TPSA) is 89.9 Å². The van der Waals surface area contributed by atoms with Gasteiger partial charge in [0.15, 0.2) is 5.78 Å². The van der Waals surface area contributed by atoms with Crippen LogP contribution < -0.4 is 0 Å². The molecule has 5 rings (SSSR count). The first-order valence-corrected chi connectivity index (χ1v) is 13.6. The molecule has 0 aromatic rings. The number of carbonyl (C=O) groups is 3. The van der Waals surface area contributed by atoms with Gasteiger partial charge in [-0.2, -0.15) is 0 Å². The van der Waals surface area contributed by atoms with E-state index in [0.717, 1.165) is 25.7 Å². The number of allylic oxidation sites excluding steroid dienone is 3. The van der Waals surface area contributed by atoms with Gasteiger partial charge in [-0.05, 0) is 74.2 Å². The number of hydrogen-bond acceptors (Lipinski definition) is 6. The van der Waals surface area contributed by atoms with Gasteiger partial charge in [-0.25, -0.2) is 4.89 Å². The molecule has 1 saturated heterocycles. The molecular formula is C30H42O6. The molecule has 1 heterocycles. The van der Waals surface area contributed by atoms with Crippen LogP contribution in [0.2, 0.25) is 0 Å². The van der Waals surface area contributed by atoms with Crippen LogP contribution in [0.15, 0.2) is 23.8 Å². The van der Waals surface area contributed by atoms with E-state index >= 15 is 0 Å². The quantitative estimate of drug-likeness (QED) is 0.231. The number of esters is 1. The van der Waals surface area contributed by atoms with Crippen molar-refractivity contribution in [2.45, 2.75) is 98.7 Å². The van der Waals surface area contributed by atoms with Crippen molar-refractivity contribution in [2.24, 2.45) is 45.3 Å². The highest BCUT2D eigenvalue weighted by Gasteiger charge is 2.71. The molecule has 0 spiro atoms. The molecule has 3 saturated carbocycles. The summed E-state index contributed by atoms with van der Waals surface area (Å²) >= 11 is 0. The molecule has 5 aliphatic rings. The Morgan fingerprint density at radius 1 is 1.14 bits per heavy atom. The maximum atomic E-state index is 13.8. The molecule has 8 unspecified atom stereocenters. The lowest BCUT2D eigenvalue weighted by atomic mass is 9.41. The second kappa shape index (κ2) is 7.86. The first kappa shape index (κ1) is 25.8. The van der Waals surface area contributed by atoms with Crippen molar-refractivity contribution in [1.82, 2.24) is 0 Å². The van der Waals surface area contributed by atoms with Gasteiger partial charge in [-0.15, -0.1) is 0 Å². The first-order chi connectivity index (χ1) is 16.6. The number of ketones is 2. The normalized spacial score (nSPS) is 45.6. The fourth-order valence-electron chi connectivity index (χ4n) is 9.46. The summed E-state index contributed by atoms with van der Waals surface area (Å²) in [4.78, 5) is 44.1. The van der Waals surface area contributed by atoms with Gasteiger partial charge in [0.05, 0.1) is 5.92 Å². The van der Waals surface area contributed by atoms with Crippen molar-refractivity contribution < 1.29 is 29.3 Å². The third-order valence-electron chi connectivity index (χ3n) is 11.5. The third-order valence-corrected chi connectivity index (χ3v) is 11.5. The average molecular weight is 499 g/mol. The molecule has 4 aliphatic carbocycles. The molecule has 6 nitrogen and oxygen atoms in total. The van der Waals surface area contributed by atoms with Gasteiger partial charge in [0.1, 0.15) is 17.5 Å². The molecule has 0 aromatic heterocycles. The van der Waals surface area contributed by atoms with E-state index in [0.29, 0.717) is 12.8 Å². The minimum atomic E-state index is -0.817. The number of Topliss-reactive ketones (excluding diaryl/α,β-unsaturated/α-hetero) is 1. The van der Waals surface area contributed by atoms with Crippen molar-refractivity contribution in [3.8, 4) is 0 Å². The third kappa shape index (κ3) is 3.25. The van der Waals surface area contributed by atoms with E-state index in [4.69, 9.17) is 9.99 Å². The van der Waals surface area contributed by atoms with E-state index in [1.807, 2.05) is 26.0 Å². The smallest absolute Gasteiger partial charge is 0.309 e. The number of rotatable bonds is 4. The number of fused-ring (bicyclic) bond motifs is 7. The van der Waals surface area contributed by atoms with E-state index in [1.165, 1.54) is 5.57 Å². The molecule has 4 fully saturated rings. The highest BCUT2D eigenvalue weighted by Crippen LogP contribution is 2.74. The molecule has 0 bridgehead atoms. The second-order valence-corrected chi connectivity index (χ2v) is 14.1. The molecule has 198 valence electrons. The van der Waals surface area contributed by atoms with Crippen LogP contribution in [0.5, 0.6) is 0 Å². The van der Waals surface area contributed by atoms with Crippen LogP contribution in [0.4, 0.5) is 0 Å². The van der Waals surface area contributed by atoms with Gasteiger partial charge in [-0.3, -0.25) is 19.6 Å². The minimum Gasteiger partial charge on any atom is -0.462 e. The zero-order valence-electron chi connectivity index (χ0n) is 22.8. The standard InChI is InChI=1S/C30H42O6/c1-26(2,36-34)12-8-9-17-23-21(35-25(17)33)16-30(7)19-15-20(31)24-27(3,4)22(32)11-13-28(24,5)18(19)10-14-29(23,30)6/h8,12,15,17-18,21,23-24,34H,9-11,13-14,16H2,1-7H3. The summed E-state index contributed by atoms with van der Waals surface area (Å²) in [6.45, 7) is 14.3. The van der Waals surface area contributed by atoms with Crippen LogP contribution in [0.25, 0.3) is 0 Å². The highest BCUT2D eigenvalue weighted by atomic mass is 17.1. The maximum absolute atomic E-state index is 13.8. The Morgan fingerprint density at radius 3 is 2.50 bits per heavy atom. The summed E-state index contributed by atoms with van der Waals surface area (Å²) in [5.74, 6) is -0.0240. The molecule has 0 radical (unpaired) electrons. The summed E-state index contributed by atoms with van der Waals surface area (Å²) in [5, 5.41) is 9.10. The predicted molar refractivity (Wildman–Crippen MR) is 135 cm³/mol. The van der Waals surface area contributed by atoms with Gasteiger partial charge in [0.2, 0.25) is 0 Å². The van der Waals surface area contributed by atoms with Crippen molar-refractivity contribution in [2.75, 3.05) is 0 Å². The Balaban J connectivity index is 1.51. The van der Waals surface area contributed by atoms with E-state index in [-0.39, 0.29) is 63.6 Å². The van der Waals surface area contributed by atoms with Crippen molar-refractivity contribution in [1.29, 1.82) is 0 Å². The average Bonchev–Trinajstić information content (AvgIpc) is 3.20. The molecule has 36 heavy (non-hydrogen) atoms. The number of ether oxygens (including phenoxy) is 1. The van der Waals surface area contributed by atoms with Crippen LogP contribution >= 0.6 is 0 Å². The zero-order valence-corrected chi connectivity index (χ0v) is 22.8. The lowest BCUT2D eigenvalue weighted by Gasteiger charge is -2.62. The van der Waals surface area contributed by atoms with Crippen LogP contribution in [0.1, 0.15) is 87.0 Å². The van der Waals surface area contributed by atoms with E-state index in [2.05, 4.69) is 25.7 Å². The summed E-state index contributed by atoms with van der Waals surface area (Å²) in [5.41, 5.74) is -0.857. The molecule has 1 N–H and O–H groups in total. The Hall–Kier alpha value is -1.79. The molecule has 0 aromatic carbocycles. The van der Waals surface area contributed by atoms with Crippen LogP contribution in [0.3, 0.4) is 0 Å². The lowest BCUT2D eigenvalue weighted by molar-refractivity contribution is -0.297. The summed E-state index contributed by atoms with van der Waals surface area (Å²) in [7, 11) is 0. The Bertz CT molecular complexity index is 1070. The number of carbonyl (C=O) groups excluding carboxylic acids is 3. The second-order valence-electron chi connectivity index (χ2n) is 14.1. The summed E-state index contributed by atoms with van der Waals surface area (Å²) in [6.07, 6.45) is 9.98. The fraction of sp³-hybridized carbons (Fsp3) is 0.767. The number of hydrogen-bond donors (Lipinski definition) is 1.